The van der Waals surface area contributed by atoms with E-state index in [-0.39, 0.29) is 35.7 Å². The second-order valence-electron chi connectivity index (χ2n) is 15.9. The van der Waals surface area contributed by atoms with Gasteiger partial charge < -0.3 is 35.5 Å². The van der Waals surface area contributed by atoms with Crippen molar-refractivity contribution >= 4 is 40.5 Å². The number of nitrogens with zero attached hydrogens (tertiary/aromatic N) is 2. The van der Waals surface area contributed by atoms with E-state index in [0.29, 0.717) is 43.6 Å². The molecule has 0 unspecified atom stereocenters. The number of hydrogen-bond acceptors (Lipinski definition) is 8. The highest BCUT2D eigenvalue weighted by atomic mass is 19.1. The topological polar surface area (TPSA) is 154 Å². The number of amides is 3. The number of rotatable bonds is 12. The van der Waals surface area contributed by atoms with Crippen LogP contribution in [-0.2, 0) is 29.5 Å². The number of carbonyl (C=O) groups excluding carboxylic acids is 4. The van der Waals surface area contributed by atoms with Gasteiger partial charge in [0.15, 0.2) is 5.72 Å². The Balaban J connectivity index is 1.32. The van der Waals surface area contributed by atoms with E-state index in [1.54, 1.807) is 38.8 Å². The summed E-state index contributed by atoms with van der Waals surface area (Å²) in [4.78, 5) is 55.1. The molecule has 1 saturated heterocycles. The maximum atomic E-state index is 14.3. The largest absolute Gasteiger partial charge is 0.444 e. The zero-order valence-electron chi connectivity index (χ0n) is 31.1. The van der Waals surface area contributed by atoms with E-state index in [1.807, 2.05) is 43.5 Å². The molecule has 0 spiro atoms. The Morgan fingerprint density at radius 2 is 1.80 bits per heavy atom. The number of esters is 1. The van der Waals surface area contributed by atoms with Crippen molar-refractivity contribution in [3.05, 3.63) is 30.0 Å². The first-order valence-corrected chi connectivity index (χ1v) is 18.4. The van der Waals surface area contributed by atoms with Gasteiger partial charge in [-0.15, -0.1) is 0 Å². The van der Waals surface area contributed by atoms with Crippen LogP contribution < -0.4 is 16.4 Å². The summed E-state index contributed by atoms with van der Waals surface area (Å²) in [5.41, 5.74) is 6.65. The number of fused-ring (bicyclic) bond motifs is 3. The zero-order chi connectivity index (χ0) is 37.2. The molecule has 51 heavy (non-hydrogen) atoms. The predicted molar refractivity (Wildman–Crippen MR) is 192 cm³/mol. The molecule has 12 nitrogen and oxygen atoms in total. The first-order valence-electron chi connectivity index (χ1n) is 18.4. The standard InChI is InChI=1S/C38H56FN5O7/c1-8-22(11-15-28(40)29(21-39)42-36(48)51-37(2,3)4)34(46)43-18-17-27(23-9-13-26(49-7)14-10-23)32(43)33(45)41-25-12-16-30-24(19-25)20-31-35(47)50-38(5,6)44(30)31/h12,16,19-20,22-23,26-29,32H,8-11,13-15,17-18,21,40H2,1-7H3,(H,41,45)(H,42,48)/t22-,23-,26-,27+,28-,29-,32+/m1/s1. The fourth-order valence-electron chi connectivity index (χ4n) is 8.26. The van der Waals surface area contributed by atoms with Crippen LogP contribution in [0.1, 0.15) is 103 Å². The molecule has 13 heteroatoms. The number of nitrogens with one attached hydrogen (secondary N) is 2. The van der Waals surface area contributed by atoms with Gasteiger partial charge in [0.25, 0.3) is 0 Å². The lowest BCUT2D eigenvalue weighted by atomic mass is 9.75. The maximum absolute atomic E-state index is 14.3. The predicted octanol–water partition coefficient (Wildman–Crippen LogP) is 5.86. The molecule has 1 aromatic heterocycles. The number of alkyl halides is 1. The maximum Gasteiger partial charge on any atom is 0.408 e. The number of benzene rings is 1. The first kappa shape index (κ1) is 38.5. The second-order valence-corrected chi connectivity index (χ2v) is 15.9. The smallest absolute Gasteiger partial charge is 0.408 e. The normalized spacial score (nSPS) is 24.8. The average molecular weight is 714 g/mol. The van der Waals surface area contributed by atoms with E-state index in [1.165, 1.54) is 0 Å². The quantitative estimate of drug-likeness (QED) is 0.231. The summed E-state index contributed by atoms with van der Waals surface area (Å²) in [5, 5.41) is 6.45. The Morgan fingerprint density at radius 3 is 2.43 bits per heavy atom. The van der Waals surface area contributed by atoms with Crippen molar-refractivity contribution in [3.8, 4) is 0 Å². The minimum atomic E-state index is -0.958. The minimum absolute atomic E-state index is 0.0157. The summed E-state index contributed by atoms with van der Waals surface area (Å²) in [6.07, 6.45) is 5.05. The van der Waals surface area contributed by atoms with Crippen LogP contribution in [0.3, 0.4) is 0 Å². The van der Waals surface area contributed by atoms with Crippen LogP contribution in [-0.4, -0.2) is 83.5 Å². The number of alkyl carbamates (subject to hydrolysis) is 1. The van der Waals surface area contributed by atoms with E-state index < -0.39 is 48.1 Å². The SMILES string of the molecule is CC[C@H](CC[C@@H](N)[C@@H](CF)NC(=O)OC(C)(C)C)C(=O)N1CC[C@@H]([C@H]2CC[C@H](OC)CC2)[C@H]1C(=O)Nc1ccc2c(c1)cc1n2C(C)(C)OC1=O. The highest BCUT2D eigenvalue weighted by Gasteiger charge is 2.47. The first-order chi connectivity index (χ1) is 24.1. The number of hydrogen-bond donors (Lipinski definition) is 3. The van der Waals surface area contributed by atoms with Gasteiger partial charge in [0.2, 0.25) is 11.8 Å². The number of aromatic nitrogens is 1. The monoisotopic (exact) mass is 713 g/mol. The van der Waals surface area contributed by atoms with Crippen LogP contribution in [0.5, 0.6) is 0 Å². The van der Waals surface area contributed by atoms with Crippen molar-refractivity contribution < 1.29 is 37.8 Å². The molecule has 3 amide bonds. The number of ether oxygens (including phenoxy) is 3. The van der Waals surface area contributed by atoms with Crippen molar-refractivity contribution in [2.75, 3.05) is 25.6 Å². The molecule has 0 radical (unpaired) electrons. The van der Waals surface area contributed by atoms with Crippen molar-refractivity contribution in [2.24, 2.45) is 23.5 Å². The Labute approximate surface area is 300 Å². The summed E-state index contributed by atoms with van der Waals surface area (Å²) in [5.74, 6) is -0.921. The van der Waals surface area contributed by atoms with E-state index in [9.17, 15) is 23.6 Å². The highest BCUT2D eigenvalue weighted by Crippen LogP contribution is 2.41. The van der Waals surface area contributed by atoms with Gasteiger partial charge >= 0.3 is 12.1 Å². The molecule has 2 aliphatic heterocycles. The van der Waals surface area contributed by atoms with Gasteiger partial charge in [-0.1, -0.05) is 6.92 Å². The lowest BCUT2D eigenvalue weighted by Crippen LogP contribution is -2.51. The molecular weight excluding hydrogens is 657 g/mol. The van der Waals surface area contributed by atoms with E-state index in [4.69, 9.17) is 19.9 Å². The summed E-state index contributed by atoms with van der Waals surface area (Å²) in [7, 11) is 1.73. The Kier molecular flexibility index (Phi) is 11.7. The van der Waals surface area contributed by atoms with Crippen LogP contribution in [0.15, 0.2) is 24.3 Å². The van der Waals surface area contributed by atoms with E-state index in [2.05, 4.69) is 10.6 Å². The van der Waals surface area contributed by atoms with Gasteiger partial charge in [-0.25, -0.2) is 14.0 Å². The van der Waals surface area contributed by atoms with Crippen LogP contribution in [0.25, 0.3) is 10.9 Å². The third-order valence-electron chi connectivity index (χ3n) is 10.9. The van der Waals surface area contributed by atoms with Crippen LogP contribution in [0.4, 0.5) is 14.9 Å². The van der Waals surface area contributed by atoms with Crippen LogP contribution >= 0.6 is 0 Å². The summed E-state index contributed by atoms with van der Waals surface area (Å²) < 4.78 is 32.2. The lowest BCUT2D eigenvalue weighted by Gasteiger charge is -2.36. The number of likely N-dealkylation sites (tertiary alicyclic amines) is 1. The van der Waals surface area contributed by atoms with Crippen molar-refractivity contribution in [1.29, 1.82) is 0 Å². The van der Waals surface area contributed by atoms with Crippen molar-refractivity contribution in [2.45, 2.75) is 128 Å². The third-order valence-corrected chi connectivity index (χ3v) is 10.9. The summed E-state index contributed by atoms with van der Waals surface area (Å²) >= 11 is 0. The second kappa shape index (κ2) is 15.5. The fraction of sp³-hybridized carbons (Fsp3) is 0.684. The van der Waals surface area contributed by atoms with Gasteiger partial charge in [-0.3, -0.25) is 14.2 Å². The average Bonchev–Trinajstić information content (AvgIpc) is 3.75. The number of cyclic esters (lactones) is 1. The molecule has 3 aliphatic rings. The van der Waals surface area contributed by atoms with Gasteiger partial charge in [-0.05, 0) is 122 Å². The van der Waals surface area contributed by atoms with Gasteiger partial charge in [0, 0.05) is 36.7 Å². The Bertz CT molecular complexity index is 1590. The molecule has 5 rings (SSSR count). The van der Waals surface area contributed by atoms with Gasteiger partial charge in [0.05, 0.1) is 17.7 Å². The van der Waals surface area contributed by atoms with Gasteiger partial charge in [0.1, 0.15) is 24.0 Å². The number of nitrogens with two attached hydrogens (primary N) is 1. The molecule has 282 valence electrons. The number of anilines is 1. The number of carbonyl (C=O) groups is 4. The molecule has 1 aliphatic carbocycles. The van der Waals surface area contributed by atoms with E-state index in [0.717, 1.165) is 36.6 Å². The van der Waals surface area contributed by atoms with E-state index >= 15 is 0 Å². The molecule has 0 bridgehead atoms. The molecule has 2 aromatic rings. The Morgan fingerprint density at radius 1 is 1.10 bits per heavy atom. The van der Waals surface area contributed by atoms with Crippen LogP contribution in [0.2, 0.25) is 0 Å². The number of halogens is 1. The summed E-state index contributed by atoms with van der Waals surface area (Å²) in [6.45, 7) is 10.4. The highest BCUT2D eigenvalue weighted by molar-refractivity contribution is 6.02. The fourth-order valence-corrected chi connectivity index (χ4v) is 8.26. The van der Waals surface area contributed by atoms with Crippen molar-refractivity contribution in [1.82, 2.24) is 14.8 Å². The Hall–Kier alpha value is -3.71. The third kappa shape index (κ3) is 8.51. The van der Waals surface area contributed by atoms with Crippen molar-refractivity contribution in [3.63, 3.8) is 0 Å². The molecule has 5 atom stereocenters. The molecule has 1 saturated carbocycles. The zero-order valence-corrected chi connectivity index (χ0v) is 31.1. The molecular formula is C38H56FN5O7. The van der Waals surface area contributed by atoms with Crippen LogP contribution in [0, 0.1) is 17.8 Å². The minimum Gasteiger partial charge on any atom is -0.444 e. The summed E-state index contributed by atoms with van der Waals surface area (Å²) in [6, 6.07) is 4.96. The molecule has 4 N–H and O–H groups in total. The number of methoxy groups -OCH3 is 1. The molecule has 1 aromatic carbocycles. The molecule has 2 fully saturated rings. The lowest BCUT2D eigenvalue weighted by molar-refractivity contribution is -0.141. The van der Waals surface area contributed by atoms with Gasteiger partial charge in [-0.2, -0.15) is 0 Å². The molecule has 3 heterocycles.